The number of hydrogen-bond donors (Lipinski definition) is 0. The largest absolute Gasteiger partial charge is 0.353 e. The van der Waals surface area contributed by atoms with Crippen molar-refractivity contribution >= 4 is 34.8 Å². The van der Waals surface area contributed by atoms with Crippen LogP contribution in [-0.2, 0) is 15.9 Å². The molecular formula is C18H24O2S2. The fraction of sp³-hybridized carbons (Fsp3) is 0.444. The lowest BCUT2D eigenvalue weighted by molar-refractivity contribution is -0.134. The van der Waals surface area contributed by atoms with Crippen LogP contribution < -0.4 is 0 Å². The van der Waals surface area contributed by atoms with Crippen LogP contribution in [0.15, 0.2) is 18.2 Å². The molecule has 22 heavy (non-hydrogen) atoms. The first-order valence-corrected chi connectivity index (χ1v) is 9.32. The minimum Gasteiger partial charge on any atom is -0.353 e. The number of aryl methyl sites for hydroxylation is 2. The van der Waals surface area contributed by atoms with Gasteiger partial charge in [0.25, 0.3) is 0 Å². The molecule has 0 saturated carbocycles. The zero-order valence-electron chi connectivity index (χ0n) is 13.7. The van der Waals surface area contributed by atoms with Gasteiger partial charge in [-0.2, -0.15) is 0 Å². The molecule has 0 radical (unpaired) electrons. The van der Waals surface area contributed by atoms with Gasteiger partial charge in [-0.3, -0.25) is 0 Å². The van der Waals surface area contributed by atoms with Gasteiger partial charge in [0, 0.05) is 39.1 Å². The summed E-state index contributed by atoms with van der Waals surface area (Å²) in [4.78, 5) is 5.27. The van der Waals surface area contributed by atoms with Crippen LogP contribution in [0.2, 0.25) is 0 Å². The molecule has 0 aliphatic carbocycles. The number of thiophene rings is 2. The van der Waals surface area contributed by atoms with E-state index in [1.807, 2.05) is 36.5 Å². The Hall–Kier alpha value is -0.940. The first-order valence-electron chi connectivity index (χ1n) is 7.69. The standard InChI is InChI=1S/C18H24O2S2/c1-5-19-18(20-6-2)12-15-11-17(22-14(15)4)10-9-16-8-7-13(3)21-16/h7-11,18H,5-6,12H2,1-4H3/b10-9+. The van der Waals surface area contributed by atoms with Crippen LogP contribution in [0.25, 0.3) is 12.2 Å². The Bertz CT molecular complexity index is 604. The van der Waals surface area contributed by atoms with Crippen molar-refractivity contribution in [2.24, 2.45) is 0 Å². The average molecular weight is 337 g/mol. The maximum atomic E-state index is 5.65. The Labute approximate surface area is 141 Å². The van der Waals surface area contributed by atoms with E-state index in [0.717, 1.165) is 6.42 Å². The normalized spacial score (nSPS) is 11.9. The Kier molecular flexibility index (Phi) is 6.83. The summed E-state index contributed by atoms with van der Waals surface area (Å²) in [6.45, 7) is 9.67. The molecule has 120 valence electrons. The molecule has 0 spiro atoms. The van der Waals surface area contributed by atoms with Gasteiger partial charge in [0.2, 0.25) is 0 Å². The molecule has 2 rings (SSSR count). The molecule has 0 aliphatic rings. The highest BCUT2D eigenvalue weighted by molar-refractivity contribution is 7.13. The van der Waals surface area contributed by atoms with Crippen LogP contribution in [0.3, 0.4) is 0 Å². The van der Waals surface area contributed by atoms with Crippen molar-refractivity contribution in [1.82, 2.24) is 0 Å². The smallest absolute Gasteiger partial charge is 0.161 e. The molecule has 0 fully saturated rings. The van der Waals surface area contributed by atoms with Gasteiger partial charge in [0.05, 0.1) is 0 Å². The van der Waals surface area contributed by atoms with Crippen LogP contribution in [0, 0.1) is 13.8 Å². The molecule has 0 atom stereocenters. The van der Waals surface area contributed by atoms with E-state index in [4.69, 9.17) is 9.47 Å². The lowest BCUT2D eigenvalue weighted by atomic mass is 10.1. The van der Waals surface area contributed by atoms with Gasteiger partial charge in [-0.15, -0.1) is 22.7 Å². The van der Waals surface area contributed by atoms with E-state index in [-0.39, 0.29) is 6.29 Å². The van der Waals surface area contributed by atoms with Crippen molar-refractivity contribution in [1.29, 1.82) is 0 Å². The van der Waals surface area contributed by atoms with Gasteiger partial charge in [-0.05, 0) is 63.6 Å². The molecule has 2 aromatic rings. The molecule has 0 aliphatic heterocycles. The minimum atomic E-state index is -0.139. The third-order valence-corrected chi connectivity index (χ3v) is 5.33. The van der Waals surface area contributed by atoms with Gasteiger partial charge < -0.3 is 9.47 Å². The Morgan fingerprint density at radius 2 is 1.68 bits per heavy atom. The molecule has 2 aromatic heterocycles. The SMILES string of the molecule is CCOC(Cc1cc(/C=C/c2ccc(C)s2)sc1C)OCC. The number of rotatable bonds is 8. The molecule has 0 bridgehead atoms. The second-order valence-electron chi connectivity index (χ2n) is 5.06. The Morgan fingerprint density at radius 1 is 1.00 bits per heavy atom. The lowest BCUT2D eigenvalue weighted by Gasteiger charge is -2.16. The van der Waals surface area contributed by atoms with Gasteiger partial charge in [0.1, 0.15) is 0 Å². The van der Waals surface area contributed by atoms with Crippen LogP contribution in [0.4, 0.5) is 0 Å². The van der Waals surface area contributed by atoms with E-state index in [1.54, 1.807) is 0 Å². The summed E-state index contributed by atoms with van der Waals surface area (Å²) in [5.41, 5.74) is 1.32. The topological polar surface area (TPSA) is 18.5 Å². The summed E-state index contributed by atoms with van der Waals surface area (Å²) in [5, 5.41) is 0. The van der Waals surface area contributed by atoms with Crippen LogP contribution in [0.5, 0.6) is 0 Å². The highest BCUT2D eigenvalue weighted by Crippen LogP contribution is 2.26. The number of hydrogen-bond acceptors (Lipinski definition) is 4. The maximum Gasteiger partial charge on any atom is 0.161 e. The van der Waals surface area contributed by atoms with Crippen molar-refractivity contribution in [3.63, 3.8) is 0 Å². The van der Waals surface area contributed by atoms with Crippen LogP contribution in [-0.4, -0.2) is 19.5 Å². The molecule has 0 aromatic carbocycles. The first-order chi connectivity index (χ1) is 10.6. The number of ether oxygens (including phenoxy) is 2. The summed E-state index contributed by atoms with van der Waals surface area (Å²) >= 11 is 3.64. The van der Waals surface area contributed by atoms with E-state index in [1.165, 1.54) is 25.1 Å². The average Bonchev–Trinajstić information content (AvgIpc) is 3.04. The molecular weight excluding hydrogens is 312 g/mol. The van der Waals surface area contributed by atoms with Crippen molar-refractivity contribution < 1.29 is 9.47 Å². The first kappa shape index (κ1) is 17.4. The van der Waals surface area contributed by atoms with Crippen LogP contribution >= 0.6 is 22.7 Å². The van der Waals surface area contributed by atoms with E-state index < -0.39 is 0 Å². The van der Waals surface area contributed by atoms with E-state index in [0.29, 0.717) is 13.2 Å². The monoisotopic (exact) mass is 336 g/mol. The third kappa shape index (κ3) is 5.06. The zero-order valence-corrected chi connectivity index (χ0v) is 15.4. The summed E-state index contributed by atoms with van der Waals surface area (Å²) < 4.78 is 11.3. The predicted octanol–water partition coefficient (Wildman–Crippen LogP) is 5.54. The lowest BCUT2D eigenvalue weighted by Crippen LogP contribution is -2.20. The second-order valence-corrected chi connectivity index (χ2v) is 7.66. The molecule has 4 heteroatoms. The van der Waals surface area contributed by atoms with Crippen molar-refractivity contribution in [2.75, 3.05) is 13.2 Å². The quantitative estimate of drug-likeness (QED) is 0.589. The van der Waals surface area contributed by atoms with E-state index in [9.17, 15) is 0 Å². The van der Waals surface area contributed by atoms with Crippen molar-refractivity contribution in [3.8, 4) is 0 Å². The molecule has 2 heterocycles. The van der Waals surface area contributed by atoms with Crippen molar-refractivity contribution in [2.45, 2.75) is 40.4 Å². The third-order valence-electron chi connectivity index (χ3n) is 3.30. The highest BCUT2D eigenvalue weighted by atomic mass is 32.1. The van der Waals surface area contributed by atoms with E-state index in [2.05, 4.69) is 44.2 Å². The summed E-state index contributed by atoms with van der Waals surface area (Å²) in [6, 6.07) is 6.57. The summed E-state index contributed by atoms with van der Waals surface area (Å²) in [7, 11) is 0. The van der Waals surface area contributed by atoms with Crippen LogP contribution in [0.1, 0.15) is 38.9 Å². The van der Waals surface area contributed by atoms with Crippen molar-refractivity contribution in [3.05, 3.63) is 43.3 Å². The maximum absolute atomic E-state index is 5.65. The minimum absolute atomic E-state index is 0.139. The molecule has 0 unspecified atom stereocenters. The molecule has 0 amide bonds. The van der Waals surface area contributed by atoms with E-state index >= 15 is 0 Å². The fourth-order valence-corrected chi connectivity index (χ4v) is 4.00. The predicted molar refractivity (Wildman–Crippen MR) is 97.8 cm³/mol. The van der Waals surface area contributed by atoms with Gasteiger partial charge in [-0.25, -0.2) is 0 Å². The zero-order chi connectivity index (χ0) is 15.9. The summed E-state index contributed by atoms with van der Waals surface area (Å²) in [5.74, 6) is 0. The van der Waals surface area contributed by atoms with Gasteiger partial charge in [-0.1, -0.05) is 0 Å². The highest BCUT2D eigenvalue weighted by Gasteiger charge is 2.13. The Morgan fingerprint density at radius 3 is 2.27 bits per heavy atom. The second kappa shape index (κ2) is 8.63. The van der Waals surface area contributed by atoms with Gasteiger partial charge in [0.15, 0.2) is 6.29 Å². The molecule has 2 nitrogen and oxygen atoms in total. The molecule has 0 saturated heterocycles. The summed E-state index contributed by atoms with van der Waals surface area (Å²) in [6.07, 6.45) is 5.06. The Balaban J connectivity index is 2.05. The molecule has 0 N–H and O–H groups in total. The van der Waals surface area contributed by atoms with Gasteiger partial charge >= 0.3 is 0 Å². The fourth-order valence-electron chi connectivity index (χ4n) is 2.25.